The summed E-state index contributed by atoms with van der Waals surface area (Å²) in [6, 6.07) is 6.24. The van der Waals surface area contributed by atoms with Gasteiger partial charge in [0.25, 0.3) is 0 Å². The maximum absolute atomic E-state index is 6.01. The Bertz CT molecular complexity index is 617. The Kier molecular flexibility index (Phi) is 19.3. The molecule has 0 spiro atoms. The van der Waals surface area contributed by atoms with Crippen LogP contribution in [0.3, 0.4) is 0 Å². The quantitative estimate of drug-likeness (QED) is 0.429. The molecule has 0 fully saturated rings. The smallest absolute Gasteiger partial charge is 0.0437 e. The largest absolute Gasteiger partial charge is 0.100 e. The van der Waals surface area contributed by atoms with Crippen molar-refractivity contribution >= 4 is 11.6 Å². The molecule has 1 heteroatoms. The van der Waals surface area contributed by atoms with Gasteiger partial charge in [0, 0.05) is 5.02 Å². The van der Waals surface area contributed by atoms with E-state index in [0.717, 1.165) is 23.4 Å². The molecule has 1 aliphatic carbocycles. The molecule has 0 nitrogen and oxygen atoms in total. The van der Waals surface area contributed by atoms with Crippen LogP contribution in [0.15, 0.2) is 66.3 Å². The molecule has 2 rings (SSSR count). The van der Waals surface area contributed by atoms with Crippen LogP contribution in [0, 0.1) is 6.92 Å². The number of allylic oxidation sites excluding steroid dienone is 6. The van der Waals surface area contributed by atoms with Crippen molar-refractivity contribution in [2.45, 2.75) is 87.0 Å². The zero-order chi connectivity index (χ0) is 21.9. The molecule has 0 radical (unpaired) electrons. The molecular weight excluding hydrogens is 360 g/mol. The Labute approximate surface area is 181 Å². The number of hydrogen-bond acceptors (Lipinski definition) is 0. The fraction of sp³-hybridized carbons (Fsp3) is 0.481. The van der Waals surface area contributed by atoms with E-state index in [1.165, 1.54) is 48.0 Å². The van der Waals surface area contributed by atoms with Gasteiger partial charge in [0.1, 0.15) is 0 Å². The van der Waals surface area contributed by atoms with Crippen LogP contribution in [-0.2, 0) is 6.42 Å². The van der Waals surface area contributed by atoms with E-state index < -0.39 is 0 Å². The van der Waals surface area contributed by atoms with Gasteiger partial charge in [-0.3, -0.25) is 0 Å². The molecule has 0 heterocycles. The number of rotatable bonds is 5. The second kappa shape index (κ2) is 18.8. The first-order valence-corrected chi connectivity index (χ1v) is 11.0. The average Bonchev–Trinajstić information content (AvgIpc) is 2.66. The van der Waals surface area contributed by atoms with E-state index >= 15 is 0 Å². The van der Waals surface area contributed by atoms with Crippen molar-refractivity contribution in [3.63, 3.8) is 0 Å². The summed E-state index contributed by atoms with van der Waals surface area (Å²) in [6.07, 6.45) is 13.6. The van der Waals surface area contributed by atoms with Crippen molar-refractivity contribution in [1.82, 2.24) is 0 Å². The molecule has 0 amide bonds. The molecule has 0 N–H and O–H groups in total. The van der Waals surface area contributed by atoms with E-state index in [4.69, 9.17) is 11.6 Å². The monoisotopic (exact) mass is 402 g/mol. The van der Waals surface area contributed by atoms with Crippen LogP contribution in [0.2, 0.25) is 5.02 Å². The van der Waals surface area contributed by atoms with E-state index in [9.17, 15) is 0 Å². The van der Waals surface area contributed by atoms with Gasteiger partial charge in [0.05, 0.1) is 0 Å². The topological polar surface area (TPSA) is 0 Å². The average molecular weight is 403 g/mol. The van der Waals surface area contributed by atoms with Crippen LogP contribution in [0.25, 0.3) is 0 Å². The predicted octanol–water partition coefficient (Wildman–Crippen LogP) is 9.83. The number of benzene rings is 1. The summed E-state index contributed by atoms with van der Waals surface area (Å²) >= 11 is 6.01. The molecule has 0 aromatic heterocycles. The zero-order valence-corrected chi connectivity index (χ0v) is 20.3. The van der Waals surface area contributed by atoms with Crippen LogP contribution < -0.4 is 0 Å². The fourth-order valence-electron chi connectivity index (χ4n) is 2.32. The minimum atomic E-state index is 0.860. The van der Waals surface area contributed by atoms with E-state index in [1.807, 2.05) is 26.8 Å². The van der Waals surface area contributed by atoms with Crippen molar-refractivity contribution < 1.29 is 0 Å². The van der Waals surface area contributed by atoms with Gasteiger partial charge >= 0.3 is 0 Å². The van der Waals surface area contributed by atoms with E-state index in [-0.39, 0.29) is 0 Å². The Morgan fingerprint density at radius 2 is 1.61 bits per heavy atom. The lowest BCUT2D eigenvalue weighted by molar-refractivity contribution is 0.910. The first-order valence-electron chi connectivity index (χ1n) is 10.6. The highest BCUT2D eigenvalue weighted by atomic mass is 35.5. The van der Waals surface area contributed by atoms with Gasteiger partial charge in [-0.15, -0.1) is 13.2 Å². The van der Waals surface area contributed by atoms with Gasteiger partial charge in [0.2, 0.25) is 0 Å². The van der Waals surface area contributed by atoms with Gasteiger partial charge in [-0.2, -0.15) is 0 Å². The van der Waals surface area contributed by atoms with Gasteiger partial charge in [0.15, 0.2) is 0 Å². The van der Waals surface area contributed by atoms with Crippen molar-refractivity contribution in [1.29, 1.82) is 0 Å². The summed E-state index contributed by atoms with van der Waals surface area (Å²) in [6.45, 7) is 22.0. The predicted molar refractivity (Wildman–Crippen MR) is 133 cm³/mol. The first kappa shape index (κ1) is 28.7. The van der Waals surface area contributed by atoms with Gasteiger partial charge in [-0.1, -0.05) is 85.9 Å². The highest BCUT2D eigenvalue weighted by Gasteiger charge is 1.97. The minimum Gasteiger partial charge on any atom is -0.100 e. The standard InChI is InChI=1S/C12H15Cl.C7H10.C6H12.C2H6/c1-9(2)4-6-11-7-5-10(3)12(13)8-11;1-7-5-3-2-4-6-7;1-4-5-6(2)3;1-2/h5,7-8H,1,4,6H2,2-3H3;3,5-6H,2,4H2,1H3;2,4-5H2,1,3H3;1-2H3. The third-order valence-corrected chi connectivity index (χ3v) is 4.34. The molecule has 0 atom stereocenters. The highest BCUT2D eigenvalue weighted by Crippen LogP contribution is 2.18. The van der Waals surface area contributed by atoms with Crippen molar-refractivity contribution in [2.75, 3.05) is 0 Å². The lowest BCUT2D eigenvalue weighted by atomic mass is 10.1. The molecule has 158 valence electrons. The summed E-state index contributed by atoms with van der Waals surface area (Å²) in [5.74, 6) is 0. The van der Waals surface area contributed by atoms with Gasteiger partial charge in [-0.05, 0) is 77.0 Å². The molecule has 0 aliphatic heterocycles. The summed E-state index contributed by atoms with van der Waals surface area (Å²) < 4.78 is 0. The second-order valence-electron chi connectivity index (χ2n) is 7.18. The number of hydrogen-bond donors (Lipinski definition) is 0. The zero-order valence-electron chi connectivity index (χ0n) is 19.5. The summed E-state index contributed by atoms with van der Waals surface area (Å²) in [5.41, 5.74) is 6.35. The SMILES string of the molecule is C=C(C)CCC.C=C(C)CCc1ccc(C)c(Cl)c1.CC.CC1=CCCC=C1. The fourth-order valence-corrected chi connectivity index (χ4v) is 2.52. The summed E-state index contributed by atoms with van der Waals surface area (Å²) in [4.78, 5) is 0. The van der Waals surface area contributed by atoms with Crippen LogP contribution in [0.5, 0.6) is 0 Å². The van der Waals surface area contributed by atoms with E-state index in [0.29, 0.717) is 0 Å². The third kappa shape index (κ3) is 17.9. The van der Waals surface area contributed by atoms with Gasteiger partial charge in [-0.25, -0.2) is 0 Å². The summed E-state index contributed by atoms with van der Waals surface area (Å²) in [5, 5.41) is 0.860. The normalized spacial score (nSPS) is 11.5. The van der Waals surface area contributed by atoms with Crippen LogP contribution in [-0.4, -0.2) is 0 Å². The third-order valence-electron chi connectivity index (χ3n) is 3.93. The molecule has 0 unspecified atom stereocenters. The van der Waals surface area contributed by atoms with E-state index in [1.54, 1.807) is 0 Å². The first-order chi connectivity index (χ1) is 13.3. The molecule has 0 saturated heterocycles. The highest BCUT2D eigenvalue weighted by molar-refractivity contribution is 6.31. The Morgan fingerprint density at radius 3 is 1.93 bits per heavy atom. The maximum atomic E-state index is 6.01. The van der Waals surface area contributed by atoms with Crippen LogP contribution in [0.1, 0.15) is 84.8 Å². The van der Waals surface area contributed by atoms with Crippen molar-refractivity contribution in [3.8, 4) is 0 Å². The van der Waals surface area contributed by atoms with Crippen LogP contribution in [0.4, 0.5) is 0 Å². The minimum absolute atomic E-state index is 0.860. The Hall–Kier alpha value is -1.53. The Balaban J connectivity index is 0. The van der Waals surface area contributed by atoms with Crippen molar-refractivity contribution in [2.24, 2.45) is 0 Å². The van der Waals surface area contributed by atoms with Gasteiger partial charge < -0.3 is 0 Å². The molecule has 0 bridgehead atoms. The molecule has 1 aliphatic rings. The molecule has 28 heavy (non-hydrogen) atoms. The molecular formula is C27H43Cl. The second-order valence-corrected chi connectivity index (χ2v) is 7.58. The van der Waals surface area contributed by atoms with E-state index in [2.05, 4.69) is 71.2 Å². The van der Waals surface area contributed by atoms with Crippen molar-refractivity contribution in [3.05, 3.63) is 82.5 Å². The number of halogens is 1. The summed E-state index contributed by atoms with van der Waals surface area (Å²) in [7, 11) is 0. The van der Waals surface area contributed by atoms with Crippen LogP contribution >= 0.6 is 11.6 Å². The molecule has 0 saturated carbocycles. The maximum Gasteiger partial charge on any atom is 0.0437 e. The molecule has 1 aromatic carbocycles. The Morgan fingerprint density at radius 1 is 1.00 bits per heavy atom. The lowest BCUT2D eigenvalue weighted by Gasteiger charge is -2.03. The lowest BCUT2D eigenvalue weighted by Crippen LogP contribution is -1.86. The number of aryl methyl sites for hydroxylation is 2. The molecule has 1 aromatic rings.